The maximum atomic E-state index is 6.08. The van der Waals surface area contributed by atoms with Crippen molar-refractivity contribution in [1.82, 2.24) is 4.98 Å². The van der Waals surface area contributed by atoms with Gasteiger partial charge in [-0.15, -0.1) is 0 Å². The fourth-order valence-electron chi connectivity index (χ4n) is 1.55. The summed E-state index contributed by atoms with van der Waals surface area (Å²) in [6.07, 6.45) is 1.78. The SMILES string of the molecule is Cc1ccnc(COc2ccc(C)cc2Cl)c1. The first-order valence-corrected chi connectivity index (χ1v) is 5.83. The van der Waals surface area contributed by atoms with Crippen molar-refractivity contribution >= 4 is 11.6 Å². The van der Waals surface area contributed by atoms with Crippen LogP contribution in [0.25, 0.3) is 0 Å². The van der Waals surface area contributed by atoms with Gasteiger partial charge in [-0.1, -0.05) is 17.7 Å². The van der Waals surface area contributed by atoms with Crippen molar-refractivity contribution in [3.05, 3.63) is 58.4 Å². The number of hydrogen-bond donors (Lipinski definition) is 0. The first-order valence-electron chi connectivity index (χ1n) is 5.45. The number of pyridine rings is 1. The number of aryl methyl sites for hydroxylation is 2. The van der Waals surface area contributed by atoms with Gasteiger partial charge in [0.15, 0.2) is 0 Å². The number of benzene rings is 1. The summed E-state index contributed by atoms with van der Waals surface area (Å²) >= 11 is 6.08. The molecule has 0 aliphatic rings. The molecule has 0 atom stereocenters. The zero-order chi connectivity index (χ0) is 12.3. The van der Waals surface area contributed by atoms with Gasteiger partial charge in [-0.2, -0.15) is 0 Å². The van der Waals surface area contributed by atoms with Gasteiger partial charge >= 0.3 is 0 Å². The first kappa shape index (κ1) is 11.9. The predicted octanol–water partition coefficient (Wildman–Crippen LogP) is 3.93. The third-order valence-corrected chi connectivity index (χ3v) is 2.73. The molecule has 0 aliphatic carbocycles. The fourth-order valence-corrected chi connectivity index (χ4v) is 1.84. The number of ether oxygens (including phenoxy) is 1. The van der Waals surface area contributed by atoms with E-state index in [1.807, 2.05) is 44.2 Å². The second-order valence-corrected chi connectivity index (χ2v) is 4.45. The Kier molecular flexibility index (Phi) is 3.64. The lowest BCUT2D eigenvalue weighted by molar-refractivity contribution is 0.301. The van der Waals surface area contributed by atoms with Crippen LogP contribution in [0.1, 0.15) is 16.8 Å². The van der Waals surface area contributed by atoms with Crippen LogP contribution < -0.4 is 4.74 Å². The van der Waals surface area contributed by atoms with E-state index in [9.17, 15) is 0 Å². The van der Waals surface area contributed by atoms with E-state index in [1.165, 1.54) is 5.56 Å². The predicted molar refractivity (Wildman–Crippen MR) is 69.5 cm³/mol. The lowest BCUT2D eigenvalue weighted by Gasteiger charge is -2.08. The smallest absolute Gasteiger partial charge is 0.138 e. The molecule has 0 N–H and O–H groups in total. The van der Waals surface area contributed by atoms with Crippen molar-refractivity contribution in [2.75, 3.05) is 0 Å². The van der Waals surface area contributed by atoms with Crippen LogP contribution in [0.4, 0.5) is 0 Å². The molecular formula is C14H14ClNO. The molecule has 2 aromatic rings. The van der Waals surface area contributed by atoms with Crippen molar-refractivity contribution in [3.63, 3.8) is 0 Å². The Labute approximate surface area is 106 Å². The summed E-state index contributed by atoms with van der Waals surface area (Å²) in [5.41, 5.74) is 3.20. The monoisotopic (exact) mass is 247 g/mol. The van der Waals surface area contributed by atoms with Crippen LogP contribution >= 0.6 is 11.6 Å². The quantitative estimate of drug-likeness (QED) is 0.820. The third kappa shape index (κ3) is 3.21. The average Bonchev–Trinajstić information content (AvgIpc) is 2.28. The second kappa shape index (κ2) is 5.19. The van der Waals surface area contributed by atoms with Gasteiger partial charge in [-0.05, 0) is 49.2 Å². The minimum Gasteiger partial charge on any atom is -0.486 e. The Bertz CT molecular complexity index is 525. The van der Waals surface area contributed by atoms with Crippen LogP contribution in [0.5, 0.6) is 5.75 Å². The van der Waals surface area contributed by atoms with Crippen LogP contribution in [-0.2, 0) is 6.61 Å². The normalized spacial score (nSPS) is 10.3. The van der Waals surface area contributed by atoms with Crippen molar-refractivity contribution in [3.8, 4) is 5.75 Å². The number of rotatable bonds is 3. The molecule has 0 aliphatic heterocycles. The van der Waals surface area contributed by atoms with E-state index in [-0.39, 0.29) is 0 Å². The molecule has 1 aromatic heterocycles. The van der Waals surface area contributed by atoms with Gasteiger partial charge in [0, 0.05) is 6.20 Å². The number of nitrogens with zero attached hydrogens (tertiary/aromatic N) is 1. The maximum absolute atomic E-state index is 6.08. The highest BCUT2D eigenvalue weighted by Gasteiger charge is 2.02. The Morgan fingerprint density at radius 2 is 1.88 bits per heavy atom. The van der Waals surface area contributed by atoms with Crippen LogP contribution in [0.3, 0.4) is 0 Å². The number of halogens is 1. The van der Waals surface area contributed by atoms with E-state index < -0.39 is 0 Å². The van der Waals surface area contributed by atoms with Gasteiger partial charge in [0.05, 0.1) is 10.7 Å². The molecule has 0 fully saturated rings. The topological polar surface area (TPSA) is 22.1 Å². The summed E-state index contributed by atoms with van der Waals surface area (Å²) in [7, 11) is 0. The van der Waals surface area contributed by atoms with Gasteiger partial charge in [0.1, 0.15) is 12.4 Å². The summed E-state index contributed by atoms with van der Waals surface area (Å²) in [5, 5.41) is 0.637. The van der Waals surface area contributed by atoms with Gasteiger partial charge in [-0.25, -0.2) is 0 Å². The molecule has 2 rings (SSSR count). The van der Waals surface area contributed by atoms with Crippen molar-refractivity contribution in [1.29, 1.82) is 0 Å². The highest BCUT2D eigenvalue weighted by Crippen LogP contribution is 2.25. The van der Waals surface area contributed by atoms with E-state index in [0.717, 1.165) is 11.3 Å². The molecule has 0 amide bonds. The molecule has 0 saturated heterocycles. The molecule has 0 saturated carbocycles. The molecule has 88 valence electrons. The largest absolute Gasteiger partial charge is 0.486 e. The zero-order valence-electron chi connectivity index (χ0n) is 9.90. The third-order valence-electron chi connectivity index (χ3n) is 2.44. The minimum atomic E-state index is 0.435. The van der Waals surface area contributed by atoms with Crippen molar-refractivity contribution < 1.29 is 4.74 Å². The summed E-state index contributed by atoms with van der Waals surface area (Å²) in [5.74, 6) is 0.695. The van der Waals surface area contributed by atoms with Crippen molar-refractivity contribution in [2.24, 2.45) is 0 Å². The molecule has 0 spiro atoms. The van der Waals surface area contributed by atoms with E-state index in [0.29, 0.717) is 17.4 Å². The second-order valence-electron chi connectivity index (χ2n) is 4.05. The van der Waals surface area contributed by atoms with E-state index in [2.05, 4.69) is 4.98 Å². The number of aromatic nitrogens is 1. The summed E-state index contributed by atoms with van der Waals surface area (Å²) in [6, 6.07) is 9.71. The molecular weight excluding hydrogens is 234 g/mol. The van der Waals surface area contributed by atoms with Crippen LogP contribution in [0, 0.1) is 13.8 Å². The summed E-state index contributed by atoms with van der Waals surface area (Å²) < 4.78 is 5.64. The fraction of sp³-hybridized carbons (Fsp3) is 0.214. The summed E-state index contributed by atoms with van der Waals surface area (Å²) in [4.78, 5) is 4.23. The lowest BCUT2D eigenvalue weighted by atomic mass is 10.2. The molecule has 2 nitrogen and oxygen atoms in total. The van der Waals surface area contributed by atoms with Crippen molar-refractivity contribution in [2.45, 2.75) is 20.5 Å². The molecule has 1 aromatic carbocycles. The molecule has 0 radical (unpaired) electrons. The molecule has 0 bridgehead atoms. The van der Waals surface area contributed by atoms with Gasteiger partial charge < -0.3 is 4.74 Å². The highest BCUT2D eigenvalue weighted by molar-refractivity contribution is 6.32. The van der Waals surface area contributed by atoms with Gasteiger partial charge in [-0.3, -0.25) is 4.98 Å². The molecule has 17 heavy (non-hydrogen) atoms. The highest BCUT2D eigenvalue weighted by atomic mass is 35.5. The average molecular weight is 248 g/mol. The Hall–Kier alpha value is -1.54. The van der Waals surface area contributed by atoms with E-state index in [1.54, 1.807) is 6.20 Å². The lowest BCUT2D eigenvalue weighted by Crippen LogP contribution is -1.98. The Morgan fingerprint density at radius 1 is 1.12 bits per heavy atom. The van der Waals surface area contributed by atoms with Gasteiger partial charge in [0.2, 0.25) is 0 Å². The number of hydrogen-bond acceptors (Lipinski definition) is 2. The standard InChI is InChI=1S/C14H14ClNO/c1-10-3-4-14(13(15)8-10)17-9-12-7-11(2)5-6-16-12/h3-8H,9H2,1-2H3. The molecule has 1 heterocycles. The van der Waals surface area contributed by atoms with Gasteiger partial charge in [0.25, 0.3) is 0 Å². The zero-order valence-corrected chi connectivity index (χ0v) is 10.7. The van der Waals surface area contributed by atoms with Crippen LogP contribution in [-0.4, -0.2) is 4.98 Å². The maximum Gasteiger partial charge on any atom is 0.138 e. The van der Waals surface area contributed by atoms with Crippen LogP contribution in [0.2, 0.25) is 5.02 Å². The van der Waals surface area contributed by atoms with E-state index in [4.69, 9.17) is 16.3 Å². The minimum absolute atomic E-state index is 0.435. The van der Waals surface area contributed by atoms with E-state index >= 15 is 0 Å². The first-order chi connectivity index (χ1) is 8.15. The Balaban J connectivity index is 2.07. The summed E-state index contributed by atoms with van der Waals surface area (Å²) in [6.45, 7) is 4.46. The Morgan fingerprint density at radius 3 is 2.59 bits per heavy atom. The molecule has 3 heteroatoms. The van der Waals surface area contributed by atoms with Crippen LogP contribution in [0.15, 0.2) is 36.5 Å². The molecule has 0 unspecified atom stereocenters.